The minimum Gasteiger partial charge on any atom is -0.494 e. The zero-order chi connectivity index (χ0) is 20.1. The van der Waals surface area contributed by atoms with Crippen LogP contribution in [-0.2, 0) is 10.0 Å². The van der Waals surface area contributed by atoms with Crippen LogP contribution in [0.1, 0.15) is 18.1 Å². The quantitative estimate of drug-likeness (QED) is 0.624. The summed E-state index contributed by atoms with van der Waals surface area (Å²) < 4.78 is 32.7. The third kappa shape index (κ3) is 4.58. The molecular formula is C20H22N4O3S. The maximum Gasteiger partial charge on any atom is 0.263 e. The molecule has 0 aliphatic rings. The van der Waals surface area contributed by atoms with Crippen molar-refractivity contribution in [1.82, 2.24) is 10.2 Å². The molecule has 7 nitrogen and oxygen atoms in total. The van der Waals surface area contributed by atoms with Gasteiger partial charge in [-0.25, -0.2) is 8.42 Å². The van der Waals surface area contributed by atoms with Crippen molar-refractivity contribution in [2.45, 2.75) is 25.7 Å². The lowest BCUT2D eigenvalue weighted by Crippen LogP contribution is -2.14. The van der Waals surface area contributed by atoms with Crippen molar-refractivity contribution >= 4 is 27.3 Å². The van der Waals surface area contributed by atoms with E-state index in [1.807, 2.05) is 39.0 Å². The first-order chi connectivity index (χ1) is 13.4. The van der Waals surface area contributed by atoms with Crippen LogP contribution < -0.4 is 14.8 Å². The van der Waals surface area contributed by atoms with E-state index in [-0.39, 0.29) is 10.7 Å². The molecule has 0 saturated carbocycles. The predicted molar refractivity (Wildman–Crippen MR) is 110 cm³/mol. The summed E-state index contributed by atoms with van der Waals surface area (Å²) in [4.78, 5) is 0.121. The van der Waals surface area contributed by atoms with E-state index in [4.69, 9.17) is 4.74 Å². The first-order valence-corrected chi connectivity index (χ1v) is 10.3. The Morgan fingerprint density at radius 3 is 2.25 bits per heavy atom. The fourth-order valence-electron chi connectivity index (χ4n) is 2.56. The third-order valence-electron chi connectivity index (χ3n) is 4.22. The summed E-state index contributed by atoms with van der Waals surface area (Å²) in [7, 11) is -3.76. The number of aryl methyl sites for hydroxylation is 1. The highest BCUT2D eigenvalue weighted by atomic mass is 32.2. The Morgan fingerprint density at radius 2 is 1.61 bits per heavy atom. The number of benzene rings is 2. The molecule has 3 aromatic rings. The highest BCUT2D eigenvalue weighted by Crippen LogP contribution is 2.22. The lowest BCUT2D eigenvalue weighted by atomic mass is 10.1. The number of anilines is 3. The summed E-state index contributed by atoms with van der Waals surface area (Å²) in [5, 5.41) is 11.2. The maximum absolute atomic E-state index is 12.5. The Morgan fingerprint density at radius 1 is 0.929 bits per heavy atom. The maximum atomic E-state index is 12.5. The van der Waals surface area contributed by atoms with E-state index < -0.39 is 10.0 Å². The highest BCUT2D eigenvalue weighted by Gasteiger charge is 2.15. The van der Waals surface area contributed by atoms with Gasteiger partial charge in [0.1, 0.15) is 5.75 Å². The van der Waals surface area contributed by atoms with Gasteiger partial charge in [0, 0.05) is 5.69 Å². The second kappa shape index (κ2) is 8.26. The Balaban J connectivity index is 1.71. The van der Waals surface area contributed by atoms with Crippen molar-refractivity contribution in [2.75, 3.05) is 16.6 Å². The van der Waals surface area contributed by atoms with Gasteiger partial charge in [0.25, 0.3) is 10.0 Å². The van der Waals surface area contributed by atoms with E-state index in [1.54, 1.807) is 24.3 Å². The van der Waals surface area contributed by atoms with Crippen LogP contribution in [0.3, 0.4) is 0 Å². The van der Waals surface area contributed by atoms with Crippen molar-refractivity contribution in [1.29, 1.82) is 0 Å². The summed E-state index contributed by atoms with van der Waals surface area (Å²) in [6.45, 7) is 6.43. The van der Waals surface area contributed by atoms with Gasteiger partial charge in [-0.05, 0) is 74.4 Å². The van der Waals surface area contributed by atoms with E-state index in [0.29, 0.717) is 18.2 Å². The van der Waals surface area contributed by atoms with Gasteiger partial charge in [0.05, 0.1) is 11.5 Å². The zero-order valence-corrected chi connectivity index (χ0v) is 16.7. The van der Waals surface area contributed by atoms with Crippen LogP contribution in [0.5, 0.6) is 5.75 Å². The Bertz CT molecular complexity index is 1050. The first kappa shape index (κ1) is 19.6. The molecule has 0 bridgehead atoms. The van der Waals surface area contributed by atoms with Crippen LogP contribution in [0.25, 0.3) is 0 Å². The number of nitrogens with zero attached hydrogens (tertiary/aromatic N) is 2. The molecule has 8 heteroatoms. The summed E-state index contributed by atoms with van der Waals surface area (Å²) >= 11 is 0. The normalized spacial score (nSPS) is 11.1. The van der Waals surface area contributed by atoms with Gasteiger partial charge in [-0.1, -0.05) is 12.1 Å². The number of hydrogen-bond acceptors (Lipinski definition) is 6. The molecule has 0 fully saturated rings. The molecule has 0 amide bonds. The van der Waals surface area contributed by atoms with E-state index >= 15 is 0 Å². The van der Waals surface area contributed by atoms with Gasteiger partial charge >= 0.3 is 0 Å². The van der Waals surface area contributed by atoms with Crippen LogP contribution in [0.15, 0.2) is 59.5 Å². The number of sulfonamides is 1. The fourth-order valence-corrected chi connectivity index (χ4v) is 3.55. The average Bonchev–Trinajstić information content (AvgIpc) is 2.67. The summed E-state index contributed by atoms with van der Waals surface area (Å²) in [5.41, 5.74) is 3.21. The second-order valence-electron chi connectivity index (χ2n) is 6.19. The summed E-state index contributed by atoms with van der Waals surface area (Å²) in [6.07, 6.45) is 0. The number of rotatable bonds is 7. The van der Waals surface area contributed by atoms with Crippen molar-refractivity contribution < 1.29 is 13.2 Å². The molecule has 1 heterocycles. The summed E-state index contributed by atoms with van der Waals surface area (Å²) in [6, 6.07) is 15.4. The minimum atomic E-state index is -3.76. The molecule has 0 aliphatic carbocycles. The standard InChI is InChI=1S/C20H22N4O3S/c1-4-27-16-8-10-17(11-9-16)28(25,26)24-20-13-12-19(22-23-20)21-18-7-5-6-14(2)15(18)3/h5-13H,4H2,1-3H3,(H,21,22)(H,23,24). The predicted octanol–water partition coefficient (Wildman–Crippen LogP) is 4.04. The molecule has 0 unspecified atom stereocenters. The van der Waals surface area contributed by atoms with Crippen LogP contribution >= 0.6 is 0 Å². The van der Waals surface area contributed by atoms with E-state index in [0.717, 1.165) is 16.8 Å². The lowest BCUT2D eigenvalue weighted by molar-refractivity contribution is 0.340. The minimum absolute atomic E-state index is 0.121. The molecule has 0 spiro atoms. The Hall–Kier alpha value is -3.13. The highest BCUT2D eigenvalue weighted by molar-refractivity contribution is 7.92. The molecule has 1 aromatic heterocycles. The number of aromatic nitrogens is 2. The monoisotopic (exact) mass is 398 g/mol. The van der Waals surface area contributed by atoms with E-state index in [2.05, 4.69) is 20.2 Å². The molecular weight excluding hydrogens is 376 g/mol. The largest absolute Gasteiger partial charge is 0.494 e. The smallest absolute Gasteiger partial charge is 0.263 e. The molecule has 0 radical (unpaired) electrons. The van der Waals surface area contributed by atoms with Crippen molar-refractivity contribution in [2.24, 2.45) is 0 Å². The van der Waals surface area contributed by atoms with Gasteiger partial charge in [-0.3, -0.25) is 4.72 Å². The molecule has 28 heavy (non-hydrogen) atoms. The van der Waals surface area contributed by atoms with Crippen LogP contribution in [0, 0.1) is 13.8 Å². The summed E-state index contributed by atoms with van der Waals surface area (Å²) in [5.74, 6) is 1.28. The van der Waals surface area contributed by atoms with Crippen LogP contribution in [0.4, 0.5) is 17.3 Å². The molecule has 3 rings (SSSR count). The Kier molecular flexibility index (Phi) is 5.79. The molecule has 0 saturated heterocycles. The van der Waals surface area contributed by atoms with Gasteiger partial charge in [-0.2, -0.15) is 0 Å². The molecule has 0 atom stereocenters. The van der Waals surface area contributed by atoms with Gasteiger partial charge in [0.2, 0.25) is 0 Å². The van der Waals surface area contributed by atoms with Crippen LogP contribution in [0.2, 0.25) is 0 Å². The number of ether oxygens (including phenoxy) is 1. The second-order valence-corrected chi connectivity index (χ2v) is 7.87. The first-order valence-electron chi connectivity index (χ1n) is 8.81. The van der Waals surface area contributed by atoms with Crippen molar-refractivity contribution in [3.8, 4) is 5.75 Å². The topological polar surface area (TPSA) is 93.2 Å². The lowest BCUT2D eigenvalue weighted by Gasteiger charge is -2.11. The zero-order valence-electron chi connectivity index (χ0n) is 15.9. The molecule has 2 aromatic carbocycles. The van der Waals surface area contributed by atoms with Gasteiger partial charge in [0.15, 0.2) is 11.6 Å². The number of nitrogens with one attached hydrogen (secondary N) is 2. The molecule has 0 aliphatic heterocycles. The fraction of sp³-hybridized carbons (Fsp3) is 0.200. The Labute approximate surface area is 164 Å². The van der Waals surface area contributed by atoms with Gasteiger partial charge < -0.3 is 10.1 Å². The van der Waals surface area contributed by atoms with Crippen molar-refractivity contribution in [3.63, 3.8) is 0 Å². The van der Waals surface area contributed by atoms with E-state index in [9.17, 15) is 8.42 Å². The number of hydrogen-bond donors (Lipinski definition) is 2. The average molecular weight is 398 g/mol. The van der Waals surface area contributed by atoms with E-state index in [1.165, 1.54) is 12.1 Å². The van der Waals surface area contributed by atoms with Gasteiger partial charge in [-0.15, -0.1) is 10.2 Å². The molecule has 146 valence electrons. The van der Waals surface area contributed by atoms with Crippen molar-refractivity contribution in [3.05, 3.63) is 65.7 Å². The van der Waals surface area contributed by atoms with Crippen LogP contribution in [-0.4, -0.2) is 25.2 Å². The SMILES string of the molecule is CCOc1ccc(S(=O)(=O)Nc2ccc(Nc3cccc(C)c3C)nn2)cc1. The third-order valence-corrected chi connectivity index (χ3v) is 5.59. The molecule has 2 N–H and O–H groups in total.